The molecule has 0 saturated heterocycles. The molecule has 0 unspecified atom stereocenters. The van der Waals surface area contributed by atoms with Gasteiger partial charge in [-0.25, -0.2) is 13.2 Å². The Morgan fingerprint density at radius 1 is 1.19 bits per heavy atom. The standard InChI is InChI=1S/C19H20N2O5S/c1-3-18(22)21-10-9-13-12-16(7-8-17(13)21)27(24,25)20-15-6-4-5-14(11-15)19(23)26-2/h4-8,11-12,20H,3,9-10H2,1-2H3. The molecule has 3 rings (SSSR count). The highest BCUT2D eigenvalue weighted by molar-refractivity contribution is 7.92. The van der Waals surface area contributed by atoms with Crippen LogP contribution in [0.2, 0.25) is 0 Å². The van der Waals surface area contributed by atoms with E-state index < -0.39 is 16.0 Å². The molecular formula is C19H20N2O5S. The van der Waals surface area contributed by atoms with Crippen molar-refractivity contribution >= 4 is 33.3 Å². The molecule has 8 heteroatoms. The van der Waals surface area contributed by atoms with Crippen molar-refractivity contribution in [2.45, 2.75) is 24.7 Å². The summed E-state index contributed by atoms with van der Waals surface area (Å²) in [6.07, 6.45) is 1.01. The number of benzene rings is 2. The van der Waals surface area contributed by atoms with Gasteiger partial charge in [0.05, 0.1) is 17.6 Å². The predicted octanol–water partition coefficient (Wildman–Crippen LogP) is 2.57. The summed E-state index contributed by atoms with van der Waals surface area (Å²) in [5.74, 6) is -0.531. The third-order valence-corrected chi connectivity index (χ3v) is 5.78. The van der Waals surface area contributed by atoms with Gasteiger partial charge in [-0.3, -0.25) is 9.52 Å². The lowest BCUT2D eigenvalue weighted by atomic mass is 10.2. The van der Waals surface area contributed by atoms with E-state index in [2.05, 4.69) is 9.46 Å². The first-order chi connectivity index (χ1) is 12.9. The first kappa shape index (κ1) is 18.9. The molecule has 0 aliphatic carbocycles. The second-order valence-electron chi connectivity index (χ2n) is 6.12. The Hall–Kier alpha value is -2.87. The second-order valence-corrected chi connectivity index (χ2v) is 7.80. The van der Waals surface area contributed by atoms with Crippen LogP contribution in [0.15, 0.2) is 47.4 Å². The van der Waals surface area contributed by atoms with E-state index in [1.807, 2.05) is 0 Å². The largest absolute Gasteiger partial charge is 0.465 e. The highest BCUT2D eigenvalue weighted by atomic mass is 32.2. The number of carbonyl (C=O) groups is 2. The number of carbonyl (C=O) groups excluding carboxylic acids is 2. The Morgan fingerprint density at radius 2 is 1.96 bits per heavy atom. The smallest absolute Gasteiger partial charge is 0.337 e. The average Bonchev–Trinajstić information content (AvgIpc) is 3.10. The Labute approximate surface area is 158 Å². The molecule has 1 amide bonds. The number of hydrogen-bond donors (Lipinski definition) is 1. The molecule has 0 saturated carbocycles. The van der Waals surface area contributed by atoms with Crippen molar-refractivity contribution in [3.05, 3.63) is 53.6 Å². The van der Waals surface area contributed by atoms with Crippen molar-refractivity contribution < 1.29 is 22.7 Å². The zero-order valence-corrected chi connectivity index (χ0v) is 15.9. The lowest BCUT2D eigenvalue weighted by molar-refractivity contribution is -0.118. The van der Waals surface area contributed by atoms with Crippen LogP contribution in [-0.2, 0) is 26.0 Å². The number of methoxy groups -OCH3 is 1. The fourth-order valence-electron chi connectivity index (χ4n) is 3.04. The average molecular weight is 388 g/mol. The fraction of sp³-hybridized carbons (Fsp3) is 0.263. The quantitative estimate of drug-likeness (QED) is 0.795. The van der Waals surface area contributed by atoms with Crippen LogP contribution in [0.1, 0.15) is 29.3 Å². The second kappa shape index (κ2) is 7.40. The van der Waals surface area contributed by atoms with Crippen molar-refractivity contribution in [1.82, 2.24) is 0 Å². The van der Waals surface area contributed by atoms with Gasteiger partial charge in [0.1, 0.15) is 0 Å². The highest BCUT2D eigenvalue weighted by Crippen LogP contribution is 2.31. The fourth-order valence-corrected chi connectivity index (χ4v) is 4.14. The van der Waals surface area contributed by atoms with Crippen molar-refractivity contribution in [3.63, 3.8) is 0 Å². The summed E-state index contributed by atoms with van der Waals surface area (Å²) < 4.78 is 32.6. The molecule has 1 aliphatic heterocycles. The van der Waals surface area contributed by atoms with Crippen molar-refractivity contribution in [2.24, 2.45) is 0 Å². The van der Waals surface area contributed by atoms with E-state index in [1.165, 1.54) is 19.2 Å². The molecule has 1 heterocycles. The van der Waals surface area contributed by atoms with E-state index in [-0.39, 0.29) is 22.1 Å². The summed E-state index contributed by atoms with van der Waals surface area (Å²) in [5.41, 5.74) is 2.10. The maximum Gasteiger partial charge on any atom is 0.337 e. The van der Waals surface area contributed by atoms with E-state index in [1.54, 1.807) is 42.2 Å². The molecule has 142 valence electrons. The van der Waals surface area contributed by atoms with Crippen molar-refractivity contribution in [2.75, 3.05) is 23.3 Å². The zero-order chi connectivity index (χ0) is 19.6. The lowest BCUT2D eigenvalue weighted by Gasteiger charge is -2.16. The van der Waals surface area contributed by atoms with Gasteiger partial charge in [0, 0.05) is 24.3 Å². The molecule has 0 fully saturated rings. The van der Waals surface area contributed by atoms with Crippen LogP contribution in [-0.4, -0.2) is 33.9 Å². The summed E-state index contributed by atoms with van der Waals surface area (Å²) in [6.45, 7) is 2.35. The van der Waals surface area contributed by atoms with Gasteiger partial charge >= 0.3 is 5.97 Å². The van der Waals surface area contributed by atoms with E-state index >= 15 is 0 Å². The molecular weight excluding hydrogens is 368 g/mol. The molecule has 0 spiro atoms. The molecule has 0 radical (unpaired) electrons. The van der Waals surface area contributed by atoms with Gasteiger partial charge in [-0.05, 0) is 48.4 Å². The van der Waals surface area contributed by atoms with E-state index in [0.717, 1.165) is 11.3 Å². The van der Waals surface area contributed by atoms with Crippen molar-refractivity contribution in [1.29, 1.82) is 0 Å². The normalized spacial score (nSPS) is 13.2. The maximum absolute atomic E-state index is 12.7. The summed E-state index contributed by atoms with van der Waals surface area (Å²) >= 11 is 0. The zero-order valence-electron chi connectivity index (χ0n) is 15.1. The number of rotatable bonds is 5. The number of fused-ring (bicyclic) bond motifs is 1. The Morgan fingerprint density at radius 3 is 2.67 bits per heavy atom. The van der Waals surface area contributed by atoms with Crippen LogP contribution >= 0.6 is 0 Å². The van der Waals surface area contributed by atoms with Gasteiger partial charge in [-0.1, -0.05) is 13.0 Å². The van der Waals surface area contributed by atoms with Crippen LogP contribution in [0.25, 0.3) is 0 Å². The molecule has 2 aromatic carbocycles. The van der Waals surface area contributed by atoms with Crippen molar-refractivity contribution in [3.8, 4) is 0 Å². The maximum atomic E-state index is 12.7. The number of nitrogens with zero attached hydrogens (tertiary/aromatic N) is 1. The molecule has 7 nitrogen and oxygen atoms in total. The van der Waals surface area contributed by atoms with E-state index in [0.29, 0.717) is 19.4 Å². The molecule has 1 aliphatic rings. The summed E-state index contributed by atoms with van der Waals surface area (Å²) in [7, 11) is -2.57. The van der Waals surface area contributed by atoms with Crippen LogP contribution < -0.4 is 9.62 Å². The minimum atomic E-state index is -3.83. The summed E-state index contributed by atoms with van der Waals surface area (Å²) in [6, 6.07) is 10.8. The van der Waals surface area contributed by atoms with Crippen LogP contribution in [0.3, 0.4) is 0 Å². The van der Waals surface area contributed by atoms with Gasteiger partial charge in [-0.15, -0.1) is 0 Å². The Balaban J connectivity index is 1.86. The van der Waals surface area contributed by atoms with Gasteiger partial charge in [-0.2, -0.15) is 0 Å². The lowest BCUT2D eigenvalue weighted by Crippen LogP contribution is -2.27. The number of nitrogens with one attached hydrogen (secondary N) is 1. The van der Waals surface area contributed by atoms with Crippen LogP contribution in [0, 0.1) is 0 Å². The SMILES string of the molecule is CCC(=O)N1CCc2cc(S(=O)(=O)Nc3cccc(C(=O)OC)c3)ccc21. The van der Waals surface area contributed by atoms with Gasteiger partial charge < -0.3 is 9.64 Å². The van der Waals surface area contributed by atoms with Gasteiger partial charge in [0.25, 0.3) is 10.0 Å². The van der Waals surface area contributed by atoms with Crippen LogP contribution in [0.4, 0.5) is 11.4 Å². The molecule has 0 bridgehead atoms. The van der Waals surface area contributed by atoms with Gasteiger partial charge in [0.2, 0.25) is 5.91 Å². The Kier molecular flexibility index (Phi) is 5.18. The minimum absolute atomic E-state index is 0.0158. The number of amides is 1. The summed E-state index contributed by atoms with van der Waals surface area (Å²) in [4.78, 5) is 25.4. The first-order valence-corrected chi connectivity index (χ1v) is 9.98. The van der Waals surface area contributed by atoms with Crippen LogP contribution in [0.5, 0.6) is 0 Å². The predicted molar refractivity (Wildman–Crippen MR) is 101 cm³/mol. The third kappa shape index (κ3) is 3.80. The number of hydrogen-bond acceptors (Lipinski definition) is 5. The monoisotopic (exact) mass is 388 g/mol. The molecule has 0 atom stereocenters. The summed E-state index contributed by atoms with van der Waals surface area (Å²) in [5, 5.41) is 0. The molecule has 1 N–H and O–H groups in total. The number of sulfonamides is 1. The molecule has 2 aromatic rings. The van der Waals surface area contributed by atoms with E-state index in [4.69, 9.17) is 0 Å². The third-order valence-electron chi connectivity index (χ3n) is 4.40. The number of ether oxygens (including phenoxy) is 1. The van der Waals surface area contributed by atoms with Gasteiger partial charge in [0.15, 0.2) is 0 Å². The molecule has 0 aromatic heterocycles. The Bertz CT molecular complexity index is 1000. The van der Waals surface area contributed by atoms with E-state index in [9.17, 15) is 18.0 Å². The highest BCUT2D eigenvalue weighted by Gasteiger charge is 2.26. The number of esters is 1. The first-order valence-electron chi connectivity index (χ1n) is 8.50. The molecule has 27 heavy (non-hydrogen) atoms. The topological polar surface area (TPSA) is 92.8 Å². The number of anilines is 2. The minimum Gasteiger partial charge on any atom is -0.465 e.